The Morgan fingerprint density at radius 2 is 2.42 bits per heavy atom. The summed E-state index contributed by atoms with van der Waals surface area (Å²) in [6.45, 7) is 3.85. The highest BCUT2D eigenvalue weighted by Gasteiger charge is 2.38. The summed E-state index contributed by atoms with van der Waals surface area (Å²) < 4.78 is 4.80. The van der Waals surface area contributed by atoms with Crippen LogP contribution >= 0.6 is 0 Å². The minimum atomic E-state index is -0.243. The molecule has 3 heteroatoms. The Morgan fingerprint density at radius 3 is 2.83 bits per heavy atom. The van der Waals surface area contributed by atoms with Crippen molar-refractivity contribution in [3.05, 3.63) is 0 Å². The average molecular weight is 171 g/mol. The lowest BCUT2D eigenvalue weighted by Gasteiger charge is -2.33. The first-order valence-electron chi connectivity index (χ1n) is 4.54. The molecule has 0 aliphatic carbocycles. The van der Waals surface area contributed by atoms with Crippen LogP contribution in [-0.2, 0) is 9.53 Å². The van der Waals surface area contributed by atoms with Crippen molar-refractivity contribution < 1.29 is 9.53 Å². The first-order chi connectivity index (χ1) is 5.75. The second-order valence-corrected chi connectivity index (χ2v) is 3.41. The Labute approximate surface area is 73.5 Å². The molecule has 0 unspecified atom stereocenters. The SMILES string of the molecule is CC[C@]1(C(=O)OC)CCCNC1. The van der Waals surface area contributed by atoms with Crippen LogP contribution in [0.2, 0.25) is 0 Å². The molecule has 0 spiro atoms. The first-order valence-corrected chi connectivity index (χ1v) is 4.54. The summed E-state index contributed by atoms with van der Waals surface area (Å²) in [6.07, 6.45) is 2.90. The van der Waals surface area contributed by atoms with Crippen LogP contribution in [0.5, 0.6) is 0 Å². The van der Waals surface area contributed by atoms with E-state index in [9.17, 15) is 4.79 Å². The summed E-state index contributed by atoms with van der Waals surface area (Å²) in [7, 11) is 1.47. The summed E-state index contributed by atoms with van der Waals surface area (Å²) in [4.78, 5) is 11.5. The van der Waals surface area contributed by atoms with E-state index in [1.165, 1.54) is 7.11 Å². The molecule has 1 heterocycles. The van der Waals surface area contributed by atoms with Gasteiger partial charge in [0.2, 0.25) is 0 Å². The van der Waals surface area contributed by atoms with Gasteiger partial charge < -0.3 is 10.1 Å². The number of esters is 1. The molecule has 0 aromatic carbocycles. The number of methoxy groups -OCH3 is 1. The van der Waals surface area contributed by atoms with Gasteiger partial charge in [0.15, 0.2) is 0 Å². The lowest BCUT2D eigenvalue weighted by Crippen LogP contribution is -2.45. The number of hydrogen-bond acceptors (Lipinski definition) is 3. The fourth-order valence-corrected chi connectivity index (χ4v) is 1.80. The van der Waals surface area contributed by atoms with Gasteiger partial charge in [0.05, 0.1) is 12.5 Å². The third-order valence-corrected chi connectivity index (χ3v) is 2.77. The molecule has 0 bridgehead atoms. The molecule has 3 nitrogen and oxygen atoms in total. The van der Waals surface area contributed by atoms with Crippen LogP contribution in [0.1, 0.15) is 26.2 Å². The van der Waals surface area contributed by atoms with Crippen LogP contribution in [0.15, 0.2) is 0 Å². The van der Waals surface area contributed by atoms with E-state index < -0.39 is 0 Å². The van der Waals surface area contributed by atoms with Crippen LogP contribution in [0.25, 0.3) is 0 Å². The van der Waals surface area contributed by atoms with Crippen LogP contribution in [0.3, 0.4) is 0 Å². The van der Waals surface area contributed by atoms with Crippen molar-refractivity contribution >= 4 is 5.97 Å². The second-order valence-electron chi connectivity index (χ2n) is 3.41. The smallest absolute Gasteiger partial charge is 0.313 e. The van der Waals surface area contributed by atoms with E-state index in [0.717, 1.165) is 32.4 Å². The van der Waals surface area contributed by atoms with Gasteiger partial charge in [-0.1, -0.05) is 6.92 Å². The zero-order valence-corrected chi connectivity index (χ0v) is 7.85. The van der Waals surface area contributed by atoms with Gasteiger partial charge in [-0.05, 0) is 25.8 Å². The lowest BCUT2D eigenvalue weighted by atomic mass is 9.78. The van der Waals surface area contributed by atoms with Crippen molar-refractivity contribution in [2.45, 2.75) is 26.2 Å². The van der Waals surface area contributed by atoms with Crippen molar-refractivity contribution in [1.29, 1.82) is 0 Å². The molecule has 1 fully saturated rings. The number of rotatable bonds is 2. The minimum absolute atomic E-state index is 0.0581. The maximum absolute atomic E-state index is 11.5. The Kier molecular flexibility index (Phi) is 3.09. The van der Waals surface area contributed by atoms with Gasteiger partial charge in [-0.2, -0.15) is 0 Å². The number of carbonyl (C=O) groups is 1. The van der Waals surface area contributed by atoms with E-state index in [0.29, 0.717) is 0 Å². The van der Waals surface area contributed by atoms with Crippen molar-refractivity contribution in [3.8, 4) is 0 Å². The Balaban J connectivity index is 2.66. The molecular weight excluding hydrogens is 154 g/mol. The average Bonchev–Trinajstić information content (AvgIpc) is 2.17. The zero-order chi connectivity index (χ0) is 9.03. The first kappa shape index (κ1) is 9.52. The third-order valence-electron chi connectivity index (χ3n) is 2.77. The molecule has 1 rings (SSSR count). The number of ether oxygens (including phenoxy) is 1. The number of nitrogens with one attached hydrogen (secondary N) is 1. The molecule has 0 radical (unpaired) electrons. The Bertz CT molecular complexity index is 162. The molecular formula is C9H17NO2. The maximum atomic E-state index is 11.5. The largest absolute Gasteiger partial charge is 0.469 e. The van der Waals surface area contributed by atoms with Gasteiger partial charge in [-0.25, -0.2) is 0 Å². The van der Waals surface area contributed by atoms with E-state index in [2.05, 4.69) is 5.32 Å². The normalized spacial score (nSPS) is 29.8. The van der Waals surface area contributed by atoms with E-state index in [1.54, 1.807) is 0 Å². The van der Waals surface area contributed by atoms with E-state index in [1.807, 2.05) is 6.92 Å². The predicted octanol–water partition coefficient (Wildman–Crippen LogP) is 0.939. The summed E-state index contributed by atoms with van der Waals surface area (Å²) in [5, 5.41) is 3.24. The van der Waals surface area contributed by atoms with Crippen molar-refractivity contribution in [2.75, 3.05) is 20.2 Å². The van der Waals surface area contributed by atoms with Crippen molar-refractivity contribution in [2.24, 2.45) is 5.41 Å². The maximum Gasteiger partial charge on any atom is 0.313 e. The molecule has 1 N–H and O–H groups in total. The van der Waals surface area contributed by atoms with Gasteiger partial charge >= 0.3 is 5.97 Å². The lowest BCUT2D eigenvalue weighted by molar-refractivity contribution is -0.154. The Hall–Kier alpha value is -0.570. The second kappa shape index (κ2) is 3.90. The standard InChI is InChI=1S/C9H17NO2/c1-3-9(8(11)12-2)5-4-6-10-7-9/h10H,3-7H2,1-2H3/t9-/m0/s1. The molecule has 1 saturated heterocycles. The fraction of sp³-hybridized carbons (Fsp3) is 0.889. The minimum Gasteiger partial charge on any atom is -0.469 e. The van der Waals surface area contributed by atoms with Crippen LogP contribution in [0, 0.1) is 5.41 Å². The molecule has 1 aliphatic rings. The molecule has 70 valence electrons. The van der Waals surface area contributed by atoms with Crippen molar-refractivity contribution in [1.82, 2.24) is 5.32 Å². The molecule has 1 aliphatic heterocycles. The molecule has 0 aromatic heterocycles. The highest BCUT2D eigenvalue weighted by molar-refractivity contribution is 5.77. The van der Waals surface area contributed by atoms with E-state index in [4.69, 9.17) is 4.74 Å². The fourth-order valence-electron chi connectivity index (χ4n) is 1.80. The predicted molar refractivity (Wildman–Crippen MR) is 46.8 cm³/mol. The van der Waals surface area contributed by atoms with Gasteiger partial charge in [0.1, 0.15) is 0 Å². The topological polar surface area (TPSA) is 38.3 Å². The zero-order valence-electron chi connectivity index (χ0n) is 7.85. The van der Waals surface area contributed by atoms with E-state index in [-0.39, 0.29) is 11.4 Å². The Morgan fingerprint density at radius 1 is 1.67 bits per heavy atom. The molecule has 1 atom stereocenters. The number of piperidine rings is 1. The van der Waals surface area contributed by atoms with E-state index >= 15 is 0 Å². The molecule has 0 saturated carbocycles. The highest BCUT2D eigenvalue weighted by Crippen LogP contribution is 2.30. The van der Waals surface area contributed by atoms with Crippen LogP contribution in [0.4, 0.5) is 0 Å². The molecule has 12 heavy (non-hydrogen) atoms. The van der Waals surface area contributed by atoms with Crippen LogP contribution in [-0.4, -0.2) is 26.2 Å². The number of hydrogen-bond donors (Lipinski definition) is 1. The summed E-state index contributed by atoms with van der Waals surface area (Å²) in [5.41, 5.74) is -0.243. The van der Waals surface area contributed by atoms with Crippen LogP contribution < -0.4 is 5.32 Å². The quantitative estimate of drug-likeness (QED) is 0.628. The van der Waals surface area contributed by atoms with Gasteiger partial charge in [0.25, 0.3) is 0 Å². The monoisotopic (exact) mass is 171 g/mol. The third kappa shape index (κ3) is 1.61. The molecule has 0 aromatic rings. The molecule has 0 amide bonds. The summed E-state index contributed by atoms with van der Waals surface area (Å²) in [6, 6.07) is 0. The number of carbonyl (C=O) groups excluding carboxylic acids is 1. The summed E-state index contributed by atoms with van der Waals surface area (Å²) >= 11 is 0. The van der Waals surface area contributed by atoms with Crippen molar-refractivity contribution in [3.63, 3.8) is 0 Å². The van der Waals surface area contributed by atoms with Gasteiger partial charge in [-0.3, -0.25) is 4.79 Å². The highest BCUT2D eigenvalue weighted by atomic mass is 16.5. The summed E-state index contributed by atoms with van der Waals surface area (Å²) in [5.74, 6) is -0.0581. The van der Waals surface area contributed by atoms with Gasteiger partial charge in [-0.15, -0.1) is 0 Å². The van der Waals surface area contributed by atoms with Gasteiger partial charge in [0, 0.05) is 6.54 Å².